The van der Waals surface area contributed by atoms with Gasteiger partial charge in [0.25, 0.3) is 0 Å². The largest absolute Gasteiger partial charge is 0.353 e. The number of fused-ring (bicyclic) bond motifs is 1. The van der Waals surface area contributed by atoms with Crippen LogP contribution in [0.15, 0.2) is 34.9 Å². The first-order valence-corrected chi connectivity index (χ1v) is 6.05. The maximum absolute atomic E-state index is 10.8. The minimum absolute atomic E-state index is 0.393. The highest BCUT2D eigenvalue weighted by atomic mass is 16.5. The number of carbonyl (C=O) groups excluding carboxylic acids is 1. The minimum Gasteiger partial charge on any atom is -0.353 e. The molecule has 0 amide bonds. The third kappa shape index (κ3) is 2.07. The first-order chi connectivity index (χ1) is 8.86. The van der Waals surface area contributed by atoms with E-state index in [1.54, 1.807) is 0 Å². The van der Waals surface area contributed by atoms with Gasteiger partial charge in [-0.15, -0.1) is 0 Å². The minimum atomic E-state index is 0.393. The van der Waals surface area contributed by atoms with E-state index in [-0.39, 0.29) is 0 Å². The van der Waals surface area contributed by atoms with Crippen LogP contribution >= 0.6 is 0 Å². The second-order valence-corrected chi connectivity index (χ2v) is 4.54. The van der Waals surface area contributed by atoms with E-state index in [0.717, 1.165) is 43.6 Å². The van der Waals surface area contributed by atoms with Crippen molar-refractivity contribution >= 4 is 6.29 Å². The first kappa shape index (κ1) is 11.2. The molecule has 1 aromatic heterocycles. The van der Waals surface area contributed by atoms with Crippen molar-refractivity contribution in [2.24, 2.45) is 0 Å². The second kappa shape index (κ2) is 4.74. The van der Waals surface area contributed by atoms with Crippen molar-refractivity contribution in [2.75, 3.05) is 6.54 Å². The lowest BCUT2D eigenvalue weighted by Crippen LogP contribution is -2.30. The fourth-order valence-electron chi connectivity index (χ4n) is 2.38. The average molecular weight is 242 g/mol. The van der Waals surface area contributed by atoms with E-state index in [9.17, 15) is 4.79 Å². The van der Waals surface area contributed by atoms with E-state index in [1.165, 1.54) is 5.56 Å². The Morgan fingerprint density at radius 3 is 2.94 bits per heavy atom. The molecule has 0 spiro atoms. The lowest BCUT2D eigenvalue weighted by molar-refractivity contribution is 0.109. The van der Waals surface area contributed by atoms with Gasteiger partial charge in [-0.1, -0.05) is 35.5 Å². The van der Waals surface area contributed by atoms with E-state index >= 15 is 0 Å². The van der Waals surface area contributed by atoms with Crippen LogP contribution in [0.25, 0.3) is 0 Å². The normalized spacial score (nSPS) is 15.3. The third-order valence-electron chi connectivity index (χ3n) is 3.31. The molecule has 0 atom stereocenters. The van der Waals surface area contributed by atoms with Crippen LogP contribution in [0.2, 0.25) is 0 Å². The number of aldehydes is 1. The number of benzene rings is 1. The van der Waals surface area contributed by atoms with Crippen molar-refractivity contribution in [3.05, 3.63) is 52.9 Å². The van der Waals surface area contributed by atoms with Crippen LogP contribution in [0.1, 0.15) is 27.4 Å². The zero-order chi connectivity index (χ0) is 12.4. The van der Waals surface area contributed by atoms with Gasteiger partial charge in [0, 0.05) is 25.2 Å². The Hall–Kier alpha value is -1.94. The Bertz CT molecular complexity index is 548. The van der Waals surface area contributed by atoms with Gasteiger partial charge in [-0.3, -0.25) is 9.69 Å². The van der Waals surface area contributed by atoms with Gasteiger partial charge >= 0.3 is 0 Å². The van der Waals surface area contributed by atoms with Crippen molar-refractivity contribution in [2.45, 2.75) is 19.5 Å². The van der Waals surface area contributed by atoms with Gasteiger partial charge in [-0.25, -0.2) is 0 Å². The highest BCUT2D eigenvalue weighted by Crippen LogP contribution is 2.22. The number of aromatic nitrogens is 1. The maximum atomic E-state index is 10.8. The second-order valence-electron chi connectivity index (χ2n) is 4.54. The molecule has 1 aliphatic heterocycles. The quantitative estimate of drug-likeness (QED) is 0.773. The van der Waals surface area contributed by atoms with E-state index in [0.29, 0.717) is 5.76 Å². The molecule has 0 fully saturated rings. The summed E-state index contributed by atoms with van der Waals surface area (Å²) in [6.45, 7) is 2.59. The molecule has 18 heavy (non-hydrogen) atoms. The molecule has 2 aromatic rings. The molecular formula is C14H14N2O2. The summed E-state index contributed by atoms with van der Waals surface area (Å²) in [5.41, 5.74) is 3.17. The molecule has 0 saturated carbocycles. The topological polar surface area (TPSA) is 46.3 Å². The molecule has 0 bridgehead atoms. The molecule has 1 aliphatic rings. The summed E-state index contributed by atoms with van der Waals surface area (Å²) in [6, 6.07) is 10.4. The van der Waals surface area contributed by atoms with E-state index in [4.69, 9.17) is 4.52 Å². The number of nitrogens with zero attached hydrogens (tertiary/aromatic N) is 2. The van der Waals surface area contributed by atoms with Crippen LogP contribution in [0, 0.1) is 0 Å². The van der Waals surface area contributed by atoms with Gasteiger partial charge in [-0.2, -0.15) is 0 Å². The van der Waals surface area contributed by atoms with Crippen molar-refractivity contribution < 1.29 is 9.32 Å². The monoisotopic (exact) mass is 242 g/mol. The summed E-state index contributed by atoms with van der Waals surface area (Å²) in [5.74, 6) is 0.393. The number of rotatable bonds is 3. The van der Waals surface area contributed by atoms with Crippen molar-refractivity contribution in [3.8, 4) is 0 Å². The van der Waals surface area contributed by atoms with Crippen molar-refractivity contribution in [1.82, 2.24) is 10.1 Å². The standard InChI is InChI=1S/C14H14N2O2/c17-10-14-12-6-7-16(9-13(12)15-18-14)8-11-4-2-1-3-5-11/h1-5,10H,6-9H2. The Balaban J connectivity index is 1.73. The molecule has 3 rings (SSSR count). The van der Waals surface area contributed by atoms with Gasteiger partial charge < -0.3 is 4.52 Å². The van der Waals surface area contributed by atoms with Gasteiger partial charge in [-0.05, 0) is 12.0 Å². The average Bonchev–Trinajstić information content (AvgIpc) is 2.82. The summed E-state index contributed by atoms with van der Waals surface area (Å²) in [4.78, 5) is 13.1. The number of hydrogen-bond donors (Lipinski definition) is 0. The number of carbonyl (C=O) groups is 1. The molecule has 0 radical (unpaired) electrons. The summed E-state index contributed by atoms with van der Waals surface area (Å²) in [7, 11) is 0. The Morgan fingerprint density at radius 2 is 2.17 bits per heavy atom. The molecule has 4 nitrogen and oxygen atoms in total. The van der Waals surface area contributed by atoms with Gasteiger partial charge in [0.05, 0.1) is 0 Å². The van der Waals surface area contributed by atoms with Crippen LogP contribution in [0.4, 0.5) is 0 Å². The molecule has 4 heteroatoms. The van der Waals surface area contributed by atoms with Gasteiger partial charge in [0.1, 0.15) is 5.69 Å². The fraction of sp³-hybridized carbons (Fsp3) is 0.286. The molecular weight excluding hydrogens is 228 g/mol. The summed E-state index contributed by atoms with van der Waals surface area (Å²) < 4.78 is 5.02. The SMILES string of the molecule is O=Cc1onc2c1CCN(Cc1ccccc1)C2. The molecule has 0 unspecified atom stereocenters. The Morgan fingerprint density at radius 1 is 1.33 bits per heavy atom. The lowest BCUT2D eigenvalue weighted by atomic mass is 10.0. The maximum Gasteiger partial charge on any atom is 0.202 e. The van der Waals surface area contributed by atoms with Crippen LogP contribution < -0.4 is 0 Å². The molecule has 92 valence electrons. The predicted octanol–water partition coefficient (Wildman–Crippen LogP) is 2.05. The van der Waals surface area contributed by atoms with Gasteiger partial charge in [0.15, 0.2) is 6.29 Å². The third-order valence-corrected chi connectivity index (χ3v) is 3.31. The highest BCUT2D eigenvalue weighted by Gasteiger charge is 2.23. The van der Waals surface area contributed by atoms with Crippen LogP contribution in [0.5, 0.6) is 0 Å². The summed E-state index contributed by atoms with van der Waals surface area (Å²) in [5, 5.41) is 3.97. The lowest BCUT2D eigenvalue weighted by Gasteiger charge is -2.25. The number of hydrogen-bond acceptors (Lipinski definition) is 4. The van der Waals surface area contributed by atoms with Crippen LogP contribution in [-0.2, 0) is 19.5 Å². The molecule has 0 aliphatic carbocycles. The summed E-state index contributed by atoms with van der Waals surface area (Å²) >= 11 is 0. The Kier molecular flexibility index (Phi) is 2.94. The molecule has 1 aromatic carbocycles. The molecule has 0 N–H and O–H groups in total. The highest BCUT2D eigenvalue weighted by molar-refractivity contribution is 5.73. The van der Waals surface area contributed by atoms with E-state index < -0.39 is 0 Å². The van der Waals surface area contributed by atoms with Crippen molar-refractivity contribution in [1.29, 1.82) is 0 Å². The van der Waals surface area contributed by atoms with Crippen molar-refractivity contribution in [3.63, 3.8) is 0 Å². The fourth-order valence-corrected chi connectivity index (χ4v) is 2.38. The van der Waals surface area contributed by atoms with E-state index in [1.807, 2.05) is 18.2 Å². The Labute approximate surface area is 105 Å². The zero-order valence-corrected chi connectivity index (χ0v) is 10.0. The predicted molar refractivity (Wildman–Crippen MR) is 66.2 cm³/mol. The van der Waals surface area contributed by atoms with E-state index in [2.05, 4.69) is 22.2 Å². The van der Waals surface area contributed by atoms with Gasteiger partial charge in [0.2, 0.25) is 5.76 Å². The smallest absolute Gasteiger partial charge is 0.202 e. The van der Waals surface area contributed by atoms with Crippen LogP contribution in [-0.4, -0.2) is 22.9 Å². The zero-order valence-electron chi connectivity index (χ0n) is 10.0. The van der Waals surface area contributed by atoms with Crippen LogP contribution in [0.3, 0.4) is 0 Å². The molecule has 2 heterocycles. The summed E-state index contributed by atoms with van der Waals surface area (Å²) in [6.07, 6.45) is 1.58. The first-order valence-electron chi connectivity index (χ1n) is 6.05. The molecule has 0 saturated heterocycles.